The molecule has 0 aromatic carbocycles. The first-order chi connectivity index (χ1) is 10.3. The van der Waals surface area contributed by atoms with E-state index in [1.54, 1.807) is 4.90 Å². The Balaban J connectivity index is 2.45. The molecule has 1 aromatic heterocycles. The summed E-state index contributed by atoms with van der Waals surface area (Å²) < 4.78 is 5.10. The van der Waals surface area contributed by atoms with Gasteiger partial charge < -0.3 is 9.64 Å². The molecule has 0 saturated heterocycles. The van der Waals surface area contributed by atoms with Gasteiger partial charge in [-0.3, -0.25) is 9.59 Å². The van der Waals surface area contributed by atoms with E-state index in [2.05, 4.69) is 32.7 Å². The minimum absolute atomic E-state index is 0.117. The molecule has 0 unspecified atom stereocenters. The molecule has 22 heavy (non-hydrogen) atoms. The number of carbonyl (C=O) groups excluding carboxylic acids is 2. The topological polar surface area (TPSA) is 59.5 Å². The Morgan fingerprint density at radius 3 is 2.27 bits per heavy atom. The van der Waals surface area contributed by atoms with Crippen molar-refractivity contribution >= 4 is 23.2 Å². The van der Waals surface area contributed by atoms with Crippen LogP contribution in [0.5, 0.6) is 0 Å². The monoisotopic (exact) mass is 326 g/mol. The van der Waals surface area contributed by atoms with Crippen LogP contribution in [0.2, 0.25) is 0 Å². The molecule has 124 valence electrons. The highest BCUT2D eigenvalue weighted by Gasteiger charge is 2.18. The number of amides is 1. The summed E-state index contributed by atoms with van der Waals surface area (Å²) in [6.45, 7) is 11.3. The predicted octanol–water partition coefficient (Wildman–Crippen LogP) is 2.68. The van der Waals surface area contributed by atoms with Gasteiger partial charge in [-0.1, -0.05) is 27.7 Å². The van der Waals surface area contributed by atoms with E-state index in [9.17, 15) is 9.59 Å². The highest BCUT2D eigenvalue weighted by atomic mass is 32.1. The number of nitrogens with zero attached hydrogens (tertiary/aromatic N) is 2. The van der Waals surface area contributed by atoms with Crippen LogP contribution in [0, 0.1) is 18.8 Å². The highest BCUT2D eigenvalue weighted by molar-refractivity contribution is 7.09. The van der Waals surface area contributed by atoms with Crippen molar-refractivity contribution in [3.05, 3.63) is 16.1 Å². The summed E-state index contributed by atoms with van der Waals surface area (Å²) in [5.41, 5.74) is 0.696. The maximum Gasteiger partial charge on any atom is 0.312 e. The van der Waals surface area contributed by atoms with Crippen molar-refractivity contribution in [1.82, 2.24) is 9.88 Å². The van der Waals surface area contributed by atoms with Gasteiger partial charge in [0, 0.05) is 18.5 Å². The largest absolute Gasteiger partial charge is 0.455 e. The van der Waals surface area contributed by atoms with E-state index in [1.807, 2.05) is 12.3 Å². The molecule has 0 spiro atoms. The summed E-state index contributed by atoms with van der Waals surface area (Å²) >= 11 is 1.50. The lowest BCUT2D eigenvalue weighted by Crippen LogP contribution is -2.39. The number of rotatable bonds is 8. The lowest BCUT2D eigenvalue weighted by atomic mass is 10.1. The summed E-state index contributed by atoms with van der Waals surface area (Å²) in [4.78, 5) is 30.0. The average molecular weight is 326 g/mol. The quantitative estimate of drug-likeness (QED) is 0.689. The van der Waals surface area contributed by atoms with Crippen LogP contribution in [0.1, 0.15) is 38.4 Å². The van der Waals surface area contributed by atoms with Crippen LogP contribution < -0.4 is 0 Å². The van der Waals surface area contributed by atoms with Crippen molar-refractivity contribution in [2.24, 2.45) is 11.8 Å². The number of thiazole rings is 1. The molecule has 0 fully saturated rings. The first kappa shape index (κ1) is 18.6. The second kappa shape index (κ2) is 8.88. The van der Waals surface area contributed by atoms with Gasteiger partial charge in [0.1, 0.15) is 0 Å². The Morgan fingerprint density at radius 2 is 1.82 bits per heavy atom. The number of hydrogen-bond acceptors (Lipinski definition) is 5. The van der Waals surface area contributed by atoms with Gasteiger partial charge in [-0.15, -0.1) is 11.3 Å². The number of aromatic nitrogens is 1. The molecule has 1 aromatic rings. The average Bonchev–Trinajstić information content (AvgIpc) is 2.79. The van der Waals surface area contributed by atoms with Crippen LogP contribution in [-0.4, -0.2) is 41.5 Å². The number of ether oxygens (including phenoxy) is 1. The number of esters is 1. The molecular weight excluding hydrogens is 300 g/mol. The summed E-state index contributed by atoms with van der Waals surface area (Å²) in [6.07, 6.45) is 0.117. The van der Waals surface area contributed by atoms with Gasteiger partial charge in [0.25, 0.3) is 5.91 Å². The summed E-state index contributed by atoms with van der Waals surface area (Å²) in [7, 11) is 0. The van der Waals surface area contributed by atoms with E-state index in [1.165, 1.54) is 11.3 Å². The maximum atomic E-state index is 12.2. The van der Waals surface area contributed by atoms with Crippen molar-refractivity contribution < 1.29 is 14.3 Å². The molecule has 1 amide bonds. The van der Waals surface area contributed by atoms with Gasteiger partial charge in [0.2, 0.25) is 0 Å². The highest BCUT2D eigenvalue weighted by Crippen LogP contribution is 2.09. The van der Waals surface area contributed by atoms with Gasteiger partial charge in [0.15, 0.2) is 6.61 Å². The molecule has 0 aliphatic carbocycles. The summed E-state index contributed by atoms with van der Waals surface area (Å²) in [6, 6.07) is 0. The zero-order valence-electron chi connectivity index (χ0n) is 14.1. The van der Waals surface area contributed by atoms with Crippen molar-refractivity contribution in [1.29, 1.82) is 0 Å². The van der Waals surface area contributed by atoms with Crippen molar-refractivity contribution in [2.45, 2.75) is 41.0 Å². The molecule has 1 rings (SSSR count). The second-order valence-corrected chi connectivity index (χ2v) is 7.34. The predicted molar refractivity (Wildman–Crippen MR) is 87.8 cm³/mol. The normalized spacial score (nSPS) is 11.0. The van der Waals surface area contributed by atoms with Crippen LogP contribution >= 0.6 is 11.3 Å². The van der Waals surface area contributed by atoms with Gasteiger partial charge in [0.05, 0.1) is 17.1 Å². The van der Waals surface area contributed by atoms with E-state index in [4.69, 9.17) is 4.74 Å². The van der Waals surface area contributed by atoms with Crippen molar-refractivity contribution in [3.8, 4) is 0 Å². The van der Waals surface area contributed by atoms with Gasteiger partial charge in [-0.05, 0) is 18.8 Å². The fourth-order valence-electron chi connectivity index (χ4n) is 2.08. The van der Waals surface area contributed by atoms with Crippen LogP contribution in [0.4, 0.5) is 0 Å². The Bertz CT molecular complexity index is 487. The molecule has 0 bridgehead atoms. The SMILES string of the molecule is Cc1nc(CC(=O)OCC(=O)N(CC(C)C)CC(C)C)cs1. The Kier molecular flexibility index (Phi) is 7.51. The van der Waals surface area contributed by atoms with Crippen LogP contribution in [-0.2, 0) is 20.7 Å². The first-order valence-corrected chi connectivity index (χ1v) is 8.50. The maximum absolute atomic E-state index is 12.2. The summed E-state index contributed by atoms with van der Waals surface area (Å²) in [5, 5.41) is 2.75. The van der Waals surface area contributed by atoms with E-state index in [0.717, 1.165) is 5.01 Å². The van der Waals surface area contributed by atoms with E-state index in [-0.39, 0.29) is 18.9 Å². The van der Waals surface area contributed by atoms with E-state index < -0.39 is 5.97 Å². The third-order valence-electron chi connectivity index (χ3n) is 2.87. The summed E-state index contributed by atoms with van der Waals surface area (Å²) in [5.74, 6) is 0.227. The Hall–Kier alpha value is -1.43. The minimum atomic E-state index is -0.410. The third-order valence-corrected chi connectivity index (χ3v) is 3.69. The van der Waals surface area contributed by atoms with Crippen molar-refractivity contribution in [2.75, 3.05) is 19.7 Å². The van der Waals surface area contributed by atoms with Crippen molar-refractivity contribution in [3.63, 3.8) is 0 Å². The molecule has 0 aliphatic heterocycles. The first-order valence-electron chi connectivity index (χ1n) is 7.62. The molecule has 0 atom stereocenters. The second-order valence-electron chi connectivity index (χ2n) is 6.28. The lowest BCUT2D eigenvalue weighted by Gasteiger charge is -2.26. The Labute approximate surface area is 136 Å². The van der Waals surface area contributed by atoms with Gasteiger partial charge in [-0.2, -0.15) is 0 Å². The zero-order chi connectivity index (χ0) is 16.7. The van der Waals surface area contributed by atoms with E-state index in [0.29, 0.717) is 30.6 Å². The number of aryl methyl sites for hydroxylation is 1. The smallest absolute Gasteiger partial charge is 0.312 e. The lowest BCUT2D eigenvalue weighted by molar-refractivity contribution is -0.152. The third kappa shape index (κ3) is 7.02. The van der Waals surface area contributed by atoms with Gasteiger partial charge in [-0.25, -0.2) is 4.98 Å². The fourth-order valence-corrected chi connectivity index (χ4v) is 2.69. The molecule has 0 aliphatic rings. The van der Waals surface area contributed by atoms with Crippen LogP contribution in [0.15, 0.2) is 5.38 Å². The zero-order valence-corrected chi connectivity index (χ0v) is 14.9. The van der Waals surface area contributed by atoms with E-state index >= 15 is 0 Å². The minimum Gasteiger partial charge on any atom is -0.455 e. The van der Waals surface area contributed by atoms with Crippen LogP contribution in [0.25, 0.3) is 0 Å². The molecule has 1 heterocycles. The number of hydrogen-bond donors (Lipinski definition) is 0. The standard InChI is InChI=1S/C16H26N2O3S/c1-11(2)7-18(8-12(3)4)15(19)9-21-16(20)6-14-10-22-13(5)17-14/h10-12H,6-9H2,1-5H3. The molecule has 0 radical (unpaired) electrons. The molecule has 5 nitrogen and oxygen atoms in total. The molecule has 0 N–H and O–H groups in total. The fraction of sp³-hybridized carbons (Fsp3) is 0.688. The molecule has 0 saturated carbocycles. The molecular formula is C16H26N2O3S. The number of carbonyl (C=O) groups is 2. The Morgan fingerprint density at radius 1 is 1.23 bits per heavy atom. The van der Waals surface area contributed by atoms with Crippen LogP contribution in [0.3, 0.4) is 0 Å². The molecule has 6 heteroatoms. The van der Waals surface area contributed by atoms with Gasteiger partial charge >= 0.3 is 5.97 Å².